The van der Waals surface area contributed by atoms with E-state index in [-0.39, 0.29) is 28.4 Å². The summed E-state index contributed by atoms with van der Waals surface area (Å²) in [4.78, 5) is 21.8. The van der Waals surface area contributed by atoms with Crippen molar-refractivity contribution in [2.75, 3.05) is 0 Å². The second-order valence-electron chi connectivity index (χ2n) is 9.66. The average Bonchev–Trinajstić information content (AvgIpc) is 3.18. The van der Waals surface area contributed by atoms with Crippen LogP contribution < -0.4 is 0 Å². The molecule has 0 N–H and O–H groups in total. The van der Waals surface area contributed by atoms with E-state index < -0.39 is 17.0 Å². The number of carbonyl (C=O) groups excluding carboxylic acids is 1. The van der Waals surface area contributed by atoms with E-state index in [9.17, 15) is 13.6 Å². The zero-order valence-corrected chi connectivity index (χ0v) is 19.0. The highest BCUT2D eigenvalue weighted by Crippen LogP contribution is 2.69. The molecule has 1 fully saturated rings. The first-order valence-corrected chi connectivity index (χ1v) is 11.5. The third-order valence-electron chi connectivity index (χ3n) is 7.72. The van der Waals surface area contributed by atoms with Crippen molar-refractivity contribution in [1.29, 1.82) is 0 Å². The number of hydrogen-bond donors (Lipinski definition) is 0. The number of ketones is 1. The molecule has 2 heterocycles. The minimum absolute atomic E-state index is 0.00960. The Morgan fingerprint density at radius 1 is 1.15 bits per heavy atom. The van der Waals surface area contributed by atoms with E-state index in [1.165, 1.54) is 24.4 Å². The van der Waals surface area contributed by atoms with Gasteiger partial charge in [0, 0.05) is 12.6 Å². The minimum atomic E-state index is -0.662. The first-order valence-electron chi connectivity index (χ1n) is 11.5. The highest BCUT2D eigenvalue weighted by atomic mass is 19.1. The van der Waals surface area contributed by atoms with Crippen LogP contribution in [0.25, 0.3) is 11.3 Å². The molecule has 170 valence electrons. The number of benzene rings is 1. The van der Waals surface area contributed by atoms with Crippen LogP contribution in [0.3, 0.4) is 0 Å². The predicted molar refractivity (Wildman–Crippen MR) is 120 cm³/mol. The lowest BCUT2D eigenvalue weighted by molar-refractivity contribution is 0.0973. The van der Waals surface area contributed by atoms with Crippen molar-refractivity contribution in [3.8, 4) is 11.3 Å². The van der Waals surface area contributed by atoms with Crippen LogP contribution in [0.4, 0.5) is 8.78 Å². The van der Waals surface area contributed by atoms with Crippen LogP contribution in [-0.4, -0.2) is 25.9 Å². The van der Waals surface area contributed by atoms with Crippen molar-refractivity contribution in [1.82, 2.24) is 20.2 Å². The molecule has 2 bridgehead atoms. The number of fused-ring (bicyclic) bond motifs is 5. The Morgan fingerprint density at radius 2 is 1.91 bits per heavy atom. The summed E-state index contributed by atoms with van der Waals surface area (Å²) in [7, 11) is 0. The Hall–Kier alpha value is -3.09. The molecule has 0 radical (unpaired) electrons. The Balaban J connectivity index is 1.63. The lowest BCUT2D eigenvalue weighted by Gasteiger charge is -2.37. The van der Waals surface area contributed by atoms with Gasteiger partial charge >= 0.3 is 0 Å². The molecule has 2 aliphatic rings. The molecule has 0 spiro atoms. The molecule has 0 aliphatic heterocycles. The fourth-order valence-electron chi connectivity index (χ4n) is 5.93. The first kappa shape index (κ1) is 21.7. The van der Waals surface area contributed by atoms with E-state index in [0.717, 1.165) is 42.6 Å². The van der Waals surface area contributed by atoms with Crippen molar-refractivity contribution < 1.29 is 13.6 Å². The molecule has 33 heavy (non-hydrogen) atoms. The quantitative estimate of drug-likeness (QED) is 0.447. The second-order valence-corrected chi connectivity index (χ2v) is 9.66. The van der Waals surface area contributed by atoms with E-state index in [0.29, 0.717) is 12.1 Å². The molecule has 2 aliphatic carbocycles. The molecule has 1 saturated carbocycles. The van der Waals surface area contributed by atoms with Crippen molar-refractivity contribution in [3.05, 3.63) is 70.9 Å². The molecule has 0 unspecified atom stereocenters. The summed E-state index contributed by atoms with van der Waals surface area (Å²) in [6.45, 7) is 6.39. The van der Waals surface area contributed by atoms with Crippen LogP contribution in [-0.2, 0) is 5.41 Å². The fraction of sp³-hybridized carbons (Fsp3) is 0.423. The summed E-state index contributed by atoms with van der Waals surface area (Å²) < 4.78 is 28.8. The zero-order valence-electron chi connectivity index (χ0n) is 19.0. The number of hydrogen-bond acceptors (Lipinski definition) is 5. The van der Waals surface area contributed by atoms with Gasteiger partial charge in [0.25, 0.3) is 0 Å². The van der Waals surface area contributed by atoms with Crippen LogP contribution in [0.15, 0.2) is 36.7 Å². The number of carbonyl (C=O) groups is 1. The van der Waals surface area contributed by atoms with E-state index in [1.807, 2.05) is 6.92 Å². The van der Waals surface area contributed by atoms with Crippen molar-refractivity contribution in [2.24, 2.45) is 5.41 Å². The number of unbranched alkanes of at least 4 members (excludes halogenated alkanes) is 1. The molecule has 0 saturated heterocycles. The van der Waals surface area contributed by atoms with Crippen molar-refractivity contribution >= 4 is 5.78 Å². The predicted octanol–water partition coefficient (Wildman–Crippen LogP) is 5.79. The first-order chi connectivity index (χ1) is 15.8. The molecular weight excluding hydrogens is 422 g/mol. The average molecular weight is 449 g/mol. The SMILES string of the molecule is CCCCC(=O)c1cncc([C@]23CC[C@H](c4cc(-c5c(F)cccc5F)nnc42)C3(C)C)n1. The third kappa shape index (κ3) is 3.05. The maximum atomic E-state index is 14.4. The van der Waals surface area contributed by atoms with Crippen molar-refractivity contribution in [3.63, 3.8) is 0 Å². The van der Waals surface area contributed by atoms with Gasteiger partial charge in [0.1, 0.15) is 17.3 Å². The van der Waals surface area contributed by atoms with Crippen molar-refractivity contribution in [2.45, 2.75) is 64.2 Å². The summed E-state index contributed by atoms with van der Waals surface area (Å²) in [5.74, 6) is -1.20. The fourth-order valence-corrected chi connectivity index (χ4v) is 5.93. The molecule has 3 aromatic rings. The number of nitrogens with zero attached hydrogens (tertiary/aromatic N) is 4. The molecule has 7 heteroatoms. The topological polar surface area (TPSA) is 68.6 Å². The van der Waals surface area contributed by atoms with Gasteiger partial charge in [-0.2, -0.15) is 5.10 Å². The Bertz CT molecular complexity index is 1240. The maximum Gasteiger partial charge on any atom is 0.182 e. The maximum absolute atomic E-state index is 14.4. The highest BCUT2D eigenvalue weighted by molar-refractivity contribution is 5.93. The monoisotopic (exact) mass is 448 g/mol. The van der Waals surface area contributed by atoms with E-state index in [4.69, 9.17) is 4.98 Å². The van der Waals surface area contributed by atoms with Crippen LogP contribution in [0.2, 0.25) is 0 Å². The summed E-state index contributed by atoms with van der Waals surface area (Å²) in [5, 5.41) is 8.78. The standard InChI is InChI=1S/C26H26F2N4O/c1-4-5-9-21(33)20-13-29-14-22(30-20)26-11-10-16(25(26,2)3)15-12-19(31-32-24(15)26)23-17(27)7-6-8-18(23)28/h6-8,12-14,16H,4-5,9-11H2,1-3H3/t16-,26-/m1/s1. The number of rotatable bonds is 6. The Morgan fingerprint density at radius 3 is 2.64 bits per heavy atom. The lowest BCUT2D eigenvalue weighted by atomic mass is 9.66. The normalized spacial score (nSPS) is 22.4. The molecule has 2 atom stereocenters. The summed E-state index contributed by atoms with van der Waals surface area (Å²) >= 11 is 0. The largest absolute Gasteiger partial charge is 0.292 e. The van der Waals surface area contributed by atoms with E-state index in [2.05, 4.69) is 29.0 Å². The Kier molecular flexibility index (Phi) is 5.10. The van der Waals surface area contributed by atoms with E-state index >= 15 is 0 Å². The van der Waals surface area contributed by atoms with Crippen LogP contribution >= 0.6 is 0 Å². The number of halogens is 2. The summed E-state index contributed by atoms with van der Waals surface area (Å²) in [5.41, 5.74) is 2.02. The van der Waals surface area contributed by atoms with E-state index in [1.54, 1.807) is 12.3 Å². The minimum Gasteiger partial charge on any atom is -0.292 e. The van der Waals surface area contributed by atoms with Gasteiger partial charge in [-0.1, -0.05) is 33.3 Å². The summed E-state index contributed by atoms with van der Waals surface area (Å²) in [6, 6.07) is 5.56. The van der Waals surface area contributed by atoms with Gasteiger partial charge in [0.05, 0.1) is 34.3 Å². The second kappa shape index (κ2) is 7.75. The number of Topliss-reactive ketones (excluding diaryl/α,β-unsaturated/α-hetero) is 1. The van der Waals surface area contributed by atoms with Crippen LogP contribution in [0.5, 0.6) is 0 Å². The van der Waals surface area contributed by atoms with Gasteiger partial charge in [-0.05, 0) is 54.4 Å². The Labute approximate surface area is 191 Å². The van der Waals surface area contributed by atoms with Gasteiger partial charge < -0.3 is 0 Å². The molecule has 5 rings (SSSR count). The molecule has 5 nitrogen and oxygen atoms in total. The van der Waals surface area contributed by atoms with Gasteiger partial charge in [-0.15, -0.1) is 5.10 Å². The van der Waals surface area contributed by atoms with Crippen LogP contribution in [0.1, 0.15) is 86.2 Å². The molecular formula is C26H26F2N4O. The molecule has 0 amide bonds. The van der Waals surface area contributed by atoms with Gasteiger partial charge in [-0.3, -0.25) is 9.78 Å². The van der Waals surface area contributed by atoms with Gasteiger partial charge in [0.2, 0.25) is 0 Å². The lowest BCUT2D eigenvalue weighted by Crippen LogP contribution is -2.38. The smallest absolute Gasteiger partial charge is 0.182 e. The third-order valence-corrected chi connectivity index (χ3v) is 7.72. The highest BCUT2D eigenvalue weighted by Gasteiger charge is 2.65. The van der Waals surface area contributed by atoms with Crippen LogP contribution in [0, 0.1) is 17.0 Å². The number of aromatic nitrogens is 4. The zero-order chi connectivity index (χ0) is 23.4. The van der Waals surface area contributed by atoms with Gasteiger partial charge in [-0.25, -0.2) is 13.8 Å². The summed E-state index contributed by atoms with van der Waals surface area (Å²) in [6.07, 6.45) is 7.15. The van der Waals surface area contributed by atoms with Gasteiger partial charge in [0.15, 0.2) is 5.78 Å². The molecule has 1 aromatic carbocycles. The molecule has 2 aromatic heterocycles.